The fourth-order valence-electron chi connectivity index (χ4n) is 5.20. The first-order chi connectivity index (χ1) is 15.2. The number of carbonyl (C=O) groups is 1. The molecule has 2 N–H and O–H groups in total. The van der Waals surface area contributed by atoms with Crippen molar-refractivity contribution >= 4 is 35.8 Å². The van der Waals surface area contributed by atoms with Crippen molar-refractivity contribution in [3.63, 3.8) is 0 Å². The van der Waals surface area contributed by atoms with Crippen LogP contribution >= 0.6 is 24.0 Å². The number of hydrogen-bond acceptors (Lipinski definition) is 3. The molecule has 0 radical (unpaired) electrons. The summed E-state index contributed by atoms with van der Waals surface area (Å²) in [5.74, 6) is 2.38. The standard InChI is InChI=1S/C25H38N4O2.HI/c1-26-25(27-17-20-11-5-8-14-23(20)31-22-12-6-7-13-22)28-21-15-16-29(18-21)24(30)19-9-3-2-4-10-19;/h5,8,11,14,19,21-22H,2-4,6-7,9-10,12-13,15-18H2,1H3,(H2,26,27,28);1H. The smallest absolute Gasteiger partial charge is 0.225 e. The van der Waals surface area contributed by atoms with E-state index in [4.69, 9.17) is 4.74 Å². The lowest BCUT2D eigenvalue weighted by molar-refractivity contribution is -0.135. The molecular weight excluding hydrogens is 515 g/mol. The van der Waals surface area contributed by atoms with Gasteiger partial charge in [0, 0.05) is 44.2 Å². The molecule has 3 aliphatic rings. The van der Waals surface area contributed by atoms with Crippen LogP contribution in [0.3, 0.4) is 0 Å². The summed E-state index contributed by atoms with van der Waals surface area (Å²) >= 11 is 0. The molecule has 1 aliphatic heterocycles. The van der Waals surface area contributed by atoms with Crippen LogP contribution in [0.2, 0.25) is 0 Å². The highest BCUT2D eigenvalue weighted by atomic mass is 127. The maximum absolute atomic E-state index is 12.8. The quantitative estimate of drug-likeness (QED) is 0.310. The van der Waals surface area contributed by atoms with Crippen molar-refractivity contribution in [2.24, 2.45) is 10.9 Å². The third-order valence-corrected chi connectivity index (χ3v) is 7.03. The molecule has 1 aromatic carbocycles. The zero-order valence-corrected chi connectivity index (χ0v) is 21.7. The maximum Gasteiger partial charge on any atom is 0.225 e. The Morgan fingerprint density at radius 3 is 2.53 bits per heavy atom. The Labute approximate surface area is 210 Å². The topological polar surface area (TPSA) is 66.0 Å². The van der Waals surface area contributed by atoms with Gasteiger partial charge in [0.1, 0.15) is 5.75 Å². The summed E-state index contributed by atoms with van der Waals surface area (Å²) < 4.78 is 6.26. The largest absolute Gasteiger partial charge is 0.490 e. The van der Waals surface area contributed by atoms with Gasteiger partial charge in [-0.25, -0.2) is 0 Å². The predicted molar refractivity (Wildman–Crippen MR) is 140 cm³/mol. The predicted octanol–water partition coefficient (Wildman–Crippen LogP) is 4.47. The summed E-state index contributed by atoms with van der Waals surface area (Å²) in [6, 6.07) is 8.53. The minimum atomic E-state index is 0. The van der Waals surface area contributed by atoms with E-state index in [1.165, 1.54) is 32.1 Å². The number of rotatable bonds is 6. The van der Waals surface area contributed by atoms with Crippen molar-refractivity contribution in [1.82, 2.24) is 15.5 Å². The highest BCUT2D eigenvalue weighted by Gasteiger charge is 2.31. The third-order valence-electron chi connectivity index (χ3n) is 7.03. The van der Waals surface area contributed by atoms with Crippen molar-refractivity contribution in [3.8, 4) is 5.75 Å². The van der Waals surface area contributed by atoms with Crippen molar-refractivity contribution in [3.05, 3.63) is 29.8 Å². The highest BCUT2D eigenvalue weighted by molar-refractivity contribution is 14.0. The number of guanidine groups is 1. The Hall–Kier alpha value is -1.51. The second-order valence-electron chi connectivity index (χ2n) is 9.31. The molecule has 0 bridgehead atoms. The number of halogens is 1. The molecule has 3 fully saturated rings. The first-order valence-corrected chi connectivity index (χ1v) is 12.2. The van der Waals surface area contributed by atoms with E-state index in [2.05, 4.69) is 38.7 Å². The van der Waals surface area contributed by atoms with Crippen molar-refractivity contribution in [2.75, 3.05) is 20.1 Å². The Balaban J connectivity index is 0.00000289. The number of hydrogen-bond donors (Lipinski definition) is 2. The van der Waals surface area contributed by atoms with E-state index in [-0.39, 0.29) is 35.9 Å². The molecular formula is C25H39IN4O2. The zero-order chi connectivity index (χ0) is 21.5. The lowest BCUT2D eigenvalue weighted by atomic mass is 9.88. The SMILES string of the molecule is CN=C(NCc1ccccc1OC1CCCC1)NC1CCN(C(=O)C2CCCCC2)C1.I. The Bertz CT molecular complexity index is 760. The molecule has 4 rings (SSSR count). The number of benzene rings is 1. The van der Waals surface area contributed by atoms with Crippen LogP contribution in [0, 0.1) is 5.92 Å². The summed E-state index contributed by atoms with van der Waals surface area (Å²) in [7, 11) is 1.80. The van der Waals surface area contributed by atoms with E-state index in [1.807, 2.05) is 6.07 Å². The van der Waals surface area contributed by atoms with Crippen LogP contribution < -0.4 is 15.4 Å². The number of amides is 1. The number of nitrogens with zero attached hydrogens (tertiary/aromatic N) is 2. The van der Waals surface area contributed by atoms with Crippen molar-refractivity contribution in [2.45, 2.75) is 82.9 Å². The average Bonchev–Trinajstić information content (AvgIpc) is 3.50. The number of likely N-dealkylation sites (tertiary alicyclic amines) is 1. The summed E-state index contributed by atoms with van der Waals surface area (Å²) in [6.45, 7) is 2.29. The molecule has 1 heterocycles. The van der Waals surface area contributed by atoms with Gasteiger partial charge >= 0.3 is 0 Å². The fourth-order valence-corrected chi connectivity index (χ4v) is 5.20. The number of ether oxygens (including phenoxy) is 1. The minimum absolute atomic E-state index is 0. The molecule has 0 aromatic heterocycles. The van der Waals surface area contributed by atoms with Gasteiger partial charge in [0.15, 0.2) is 5.96 Å². The monoisotopic (exact) mass is 554 g/mol. The Morgan fingerprint density at radius 2 is 1.78 bits per heavy atom. The molecule has 1 aromatic rings. The van der Waals surface area contributed by atoms with Crippen LogP contribution in [-0.2, 0) is 11.3 Å². The van der Waals surface area contributed by atoms with Gasteiger partial charge in [-0.2, -0.15) is 0 Å². The molecule has 178 valence electrons. The van der Waals surface area contributed by atoms with Gasteiger partial charge in [-0.15, -0.1) is 24.0 Å². The molecule has 1 saturated heterocycles. The van der Waals surface area contributed by atoms with Gasteiger partial charge in [0.25, 0.3) is 0 Å². The summed E-state index contributed by atoms with van der Waals surface area (Å²) in [6.07, 6.45) is 12.0. The first-order valence-electron chi connectivity index (χ1n) is 12.2. The van der Waals surface area contributed by atoms with Gasteiger partial charge in [-0.3, -0.25) is 9.79 Å². The highest BCUT2D eigenvalue weighted by Crippen LogP contribution is 2.28. The second kappa shape index (κ2) is 12.7. The van der Waals surface area contributed by atoms with E-state index in [1.54, 1.807) is 7.05 Å². The van der Waals surface area contributed by atoms with E-state index >= 15 is 0 Å². The van der Waals surface area contributed by atoms with E-state index < -0.39 is 0 Å². The number of nitrogens with one attached hydrogen (secondary N) is 2. The first kappa shape index (κ1) is 25.1. The van der Waals surface area contributed by atoms with Crippen LogP contribution in [-0.4, -0.2) is 49.0 Å². The zero-order valence-electron chi connectivity index (χ0n) is 19.4. The second-order valence-corrected chi connectivity index (χ2v) is 9.31. The normalized spacial score (nSPS) is 22.5. The molecule has 6 nitrogen and oxygen atoms in total. The van der Waals surface area contributed by atoms with Gasteiger partial charge in [-0.05, 0) is 51.0 Å². The lowest BCUT2D eigenvalue weighted by Crippen LogP contribution is -2.45. The number of aliphatic imine (C=N–C) groups is 1. The van der Waals surface area contributed by atoms with Crippen molar-refractivity contribution < 1.29 is 9.53 Å². The minimum Gasteiger partial charge on any atom is -0.490 e. The number of para-hydroxylation sites is 1. The molecule has 1 unspecified atom stereocenters. The number of carbonyl (C=O) groups excluding carboxylic acids is 1. The molecule has 1 amide bonds. The van der Waals surface area contributed by atoms with Gasteiger partial charge in [0.05, 0.1) is 6.10 Å². The van der Waals surface area contributed by atoms with Crippen LogP contribution in [0.25, 0.3) is 0 Å². The van der Waals surface area contributed by atoms with Crippen LogP contribution in [0.5, 0.6) is 5.75 Å². The summed E-state index contributed by atoms with van der Waals surface area (Å²) in [4.78, 5) is 19.3. The molecule has 1 atom stereocenters. The molecule has 2 saturated carbocycles. The molecule has 7 heteroatoms. The van der Waals surface area contributed by atoms with E-state index in [9.17, 15) is 4.79 Å². The third kappa shape index (κ3) is 6.75. The molecule has 2 aliphatic carbocycles. The lowest BCUT2D eigenvalue weighted by Gasteiger charge is -2.26. The summed E-state index contributed by atoms with van der Waals surface area (Å²) in [5, 5.41) is 6.96. The van der Waals surface area contributed by atoms with Gasteiger partial charge in [-0.1, -0.05) is 37.5 Å². The van der Waals surface area contributed by atoms with Gasteiger partial charge < -0.3 is 20.3 Å². The molecule has 32 heavy (non-hydrogen) atoms. The Morgan fingerprint density at radius 1 is 1.06 bits per heavy atom. The van der Waals surface area contributed by atoms with E-state index in [0.29, 0.717) is 18.6 Å². The molecule has 0 spiro atoms. The van der Waals surface area contributed by atoms with Gasteiger partial charge in [0.2, 0.25) is 5.91 Å². The fraction of sp³-hybridized carbons (Fsp3) is 0.680. The van der Waals surface area contributed by atoms with E-state index in [0.717, 1.165) is 62.5 Å². The van der Waals surface area contributed by atoms with Crippen LogP contribution in [0.1, 0.15) is 69.8 Å². The average molecular weight is 555 g/mol. The van der Waals surface area contributed by atoms with Crippen molar-refractivity contribution in [1.29, 1.82) is 0 Å². The summed E-state index contributed by atoms with van der Waals surface area (Å²) in [5.41, 5.74) is 1.15. The maximum atomic E-state index is 12.8. The van der Waals surface area contributed by atoms with Crippen LogP contribution in [0.15, 0.2) is 29.3 Å². The Kier molecular flexibility index (Phi) is 9.93. The van der Waals surface area contributed by atoms with Crippen LogP contribution in [0.4, 0.5) is 0 Å².